The summed E-state index contributed by atoms with van der Waals surface area (Å²) in [5.41, 5.74) is 4.66. The molecule has 0 saturated heterocycles. The second-order valence-corrected chi connectivity index (χ2v) is 13.8. The van der Waals surface area contributed by atoms with Gasteiger partial charge in [-0.3, -0.25) is 14.9 Å². The van der Waals surface area contributed by atoms with Gasteiger partial charge in [-0.05, 0) is 61.6 Å². The van der Waals surface area contributed by atoms with Gasteiger partial charge in [0, 0.05) is 32.5 Å². The first-order valence-electron chi connectivity index (χ1n) is 17.6. The molecule has 3 atom stereocenters. The number of aryl methyl sites for hydroxylation is 1. The molecule has 0 fully saturated rings. The van der Waals surface area contributed by atoms with Gasteiger partial charge in [0.15, 0.2) is 0 Å². The maximum Gasteiger partial charge on any atom is 0.407 e. The summed E-state index contributed by atoms with van der Waals surface area (Å²) in [5, 5.41) is 23.8. The molecule has 3 unspecified atom stereocenters. The number of ether oxygens (including phenoxy) is 1. The number of aliphatic hydroxyl groups excluding tert-OH is 1. The molecule has 0 aliphatic carbocycles. The van der Waals surface area contributed by atoms with Crippen molar-refractivity contribution in [3.05, 3.63) is 137 Å². The van der Waals surface area contributed by atoms with Crippen LogP contribution >= 0.6 is 0 Å². The predicted molar refractivity (Wildman–Crippen MR) is 201 cm³/mol. The molecule has 1 aromatic heterocycles. The van der Waals surface area contributed by atoms with Crippen LogP contribution in [0.3, 0.4) is 0 Å². The molecule has 0 radical (unpaired) electrons. The molecule has 0 aliphatic heterocycles. The minimum Gasteiger partial charge on any atom is -0.444 e. The Labute approximate surface area is 304 Å². The summed E-state index contributed by atoms with van der Waals surface area (Å²) in [6.07, 6.45) is -0.919. The average molecular weight is 705 g/mol. The van der Waals surface area contributed by atoms with Gasteiger partial charge in [-0.1, -0.05) is 97.1 Å². The zero-order chi connectivity index (χ0) is 36.9. The third kappa shape index (κ3) is 11.8. The number of hydrogen-bond acceptors (Lipinski definition) is 7. The van der Waals surface area contributed by atoms with Crippen molar-refractivity contribution in [3.8, 4) is 0 Å². The standard InChI is InChI=1S/C41H48N6O5/c1-41(2,3)52-40(51)47-34(24-28-12-6-4-7-13-28)38(49)37(39(50)44-27-29-14-8-5-9-15-29)43-26-31-20-18-30(19-21-31)25-42-36(48)23-22-35-45-32-16-10-11-17-33(32)46-35/h4-21,34,37-38,43,49H,22-27H2,1-3H3,(H,42,48)(H,44,50)(H,45,46)(H,47,51). The monoisotopic (exact) mass is 704 g/mol. The van der Waals surface area contributed by atoms with Gasteiger partial charge in [0.1, 0.15) is 17.5 Å². The summed E-state index contributed by atoms with van der Waals surface area (Å²) in [6, 6.07) is 32.5. The van der Waals surface area contributed by atoms with Gasteiger partial charge in [-0.2, -0.15) is 0 Å². The smallest absolute Gasteiger partial charge is 0.407 e. The van der Waals surface area contributed by atoms with E-state index in [9.17, 15) is 19.5 Å². The van der Waals surface area contributed by atoms with E-state index in [-0.39, 0.29) is 25.4 Å². The molecular formula is C41H48N6O5. The quantitative estimate of drug-likeness (QED) is 0.0836. The van der Waals surface area contributed by atoms with Gasteiger partial charge in [-0.15, -0.1) is 0 Å². The molecular weight excluding hydrogens is 656 g/mol. The maximum absolute atomic E-state index is 13.7. The number of para-hydroxylation sites is 2. The molecule has 11 nitrogen and oxygen atoms in total. The molecule has 0 spiro atoms. The Kier molecular flexibility index (Phi) is 13.1. The molecule has 11 heteroatoms. The lowest BCUT2D eigenvalue weighted by atomic mass is 9.95. The summed E-state index contributed by atoms with van der Waals surface area (Å²) < 4.78 is 5.51. The number of amides is 3. The third-order valence-electron chi connectivity index (χ3n) is 8.41. The maximum atomic E-state index is 13.7. The number of hydrogen-bond donors (Lipinski definition) is 6. The molecule has 5 aromatic rings. The van der Waals surface area contributed by atoms with Crippen LogP contribution in [0.5, 0.6) is 0 Å². The fourth-order valence-corrected chi connectivity index (χ4v) is 5.73. The lowest BCUT2D eigenvalue weighted by Crippen LogP contribution is -2.59. The number of rotatable bonds is 16. The predicted octanol–water partition coefficient (Wildman–Crippen LogP) is 5.08. The minimum absolute atomic E-state index is 0.0745. The Morgan fingerprint density at radius 2 is 1.33 bits per heavy atom. The van der Waals surface area contributed by atoms with Crippen molar-refractivity contribution in [1.82, 2.24) is 31.2 Å². The number of aromatic amines is 1. The summed E-state index contributed by atoms with van der Waals surface area (Å²) in [5.74, 6) is 0.286. The lowest BCUT2D eigenvalue weighted by molar-refractivity contribution is -0.126. The van der Waals surface area contributed by atoms with Crippen LogP contribution in [0.15, 0.2) is 109 Å². The van der Waals surface area contributed by atoms with E-state index in [0.717, 1.165) is 39.1 Å². The third-order valence-corrected chi connectivity index (χ3v) is 8.41. The van der Waals surface area contributed by atoms with E-state index in [1.807, 2.05) is 109 Å². The van der Waals surface area contributed by atoms with E-state index in [4.69, 9.17) is 4.74 Å². The number of benzene rings is 4. The first-order valence-corrected chi connectivity index (χ1v) is 17.6. The van der Waals surface area contributed by atoms with E-state index in [0.29, 0.717) is 19.4 Å². The SMILES string of the molecule is CC(C)(C)OC(=O)NC(Cc1ccccc1)C(O)C(NCc1ccc(CNC(=O)CCc2nc3ccccc3[nH]2)cc1)C(=O)NCc1ccccc1. The summed E-state index contributed by atoms with van der Waals surface area (Å²) in [4.78, 5) is 47.0. The molecule has 0 saturated carbocycles. The van der Waals surface area contributed by atoms with Crippen molar-refractivity contribution in [2.75, 3.05) is 0 Å². The van der Waals surface area contributed by atoms with Crippen molar-refractivity contribution in [2.45, 2.75) is 83.5 Å². The number of nitrogens with one attached hydrogen (secondary N) is 5. The van der Waals surface area contributed by atoms with Crippen LogP contribution < -0.4 is 21.3 Å². The van der Waals surface area contributed by atoms with Gasteiger partial charge >= 0.3 is 6.09 Å². The van der Waals surface area contributed by atoms with Gasteiger partial charge in [0.25, 0.3) is 0 Å². The minimum atomic E-state index is -1.32. The van der Waals surface area contributed by atoms with Crippen molar-refractivity contribution in [3.63, 3.8) is 0 Å². The van der Waals surface area contributed by atoms with E-state index in [1.54, 1.807) is 20.8 Å². The second kappa shape index (κ2) is 18.1. The number of aliphatic hydroxyl groups is 1. The Morgan fingerprint density at radius 1 is 0.750 bits per heavy atom. The van der Waals surface area contributed by atoms with E-state index in [2.05, 4.69) is 31.2 Å². The number of alkyl carbamates (subject to hydrolysis) is 1. The second-order valence-electron chi connectivity index (χ2n) is 13.8. The van der Waals surface area contributed by atoms with E-state index < -0.39 is 35.8 Å². The molecule has 5 rings (SSSR count). The van der Waals surface area contributed by atoms with Crippen LogP contribution in [-0.2, 0) is 46.8 Å². The van der Waals surface area contributed by atoms with Gasteiger partial charge < -0.3 is 30.8 Å². The molecule has 3 amide bonds. The van der Waals surface area contributed by atoms with Crippen LogP contribution in [0, 0.1) is 0 Å². The Hall–Kier alpha value is -5.52. The fourth-order valence-electron chi connectivity index (χ4n) is 5.73. The van der Waals surface area contributed by atoms with Gasteiger partial charge in [0.05, 0.1) is 23.2 Å². The highest BCUT2D eigenvalue weighted by atomic mass is 16.6. The first-order chi connectivity index (χ1) is 25.0. The zero-order valence-electron chi connectivity index (χ0n) is 29.9. The van der Waals surface area contributed by atoms with E-state index in [1.165, 1.54) is 0 Å². The summed E-state index contributed by atoms with van der Waals surface area (Å²) in [6.45, 7) is 6.19. The van der Waals surface area contributed by atoms with Crippen LogP contribution in [0.4, 0.5) is 4.79 Å². The Bertz CT molecular complexity index is 1860. The van der Waals surface area contributed by atoms with Crippen LogP contribution in [0.2, 0.25) is 0 Å². The number of aromatic nitrogens is 2. The largest absolute Gasteiger partial charge is 0.444 e. The molecule has 0 bridgehead atoms. The number of nitrogens with zero attached hydrogens (tertiary/aromatic N) is 1. The number of carbonyl (C=O) groups is 3. The van der Waals surface area contributed by atoms with Gasteiger partial charge in [-0.25, -0.2) is 9.78 Å². The Balaban J connectivity index is 1.22. The number of imidazole rings is 1. The molecule has 1 heterocycles. The number of fused-ring (bicyclic) bond motifs is 1. The average Bonchev–Trinajstić information content (AvgIpc) is 3.56. The van der Waals surface area contributed by atoms with Crippen LogP contribution in [0.1, 0.15) is 55.3 Å². The zero-order valence-corrected chi connectivity index (χ0v) is 29.9. The molecule has 52 heavy (non-hydrogen) atoms. The molecule has 6 N–H and O–H groups in total. The highest BCUT2D eigenvalue weighted by Crippen LogP contribution is 2.15. The van der Waals surface area contributed by atoms with Crippen molar-refractivity contribution < 1.29 is 24.2 Å². The fraction of sp³-hybridized carbons (Fsp3) is 0.317. The molecule has 4 aromatic carbocycles. The van der Waals surface area contributed by atoms with Crippen LogP contribution in [0.25, 0.3) is 11.0 Å². The highest BCUT2D eigenvalue weighted by molar-refractivity contribution is 5.83. The molecule has 0 aliphatic rings. The van der Waals surface area contributed by atoms with E-state index >= 15 is 0 Å². The summed E-state index contributed by atoms with van der Waals surface area (Å²) >= 11 is 0. The normalized spacial score (nSPS) is 13.2. The number of carbonyl (C=O) groups excluding carboxylic acids is 3. The van der Waals surface area contributed by atoms with Gasteiger partial charge in [0.2, 0.25) is 11.8 Å². The lowest BCUT2D eigenvalue weighted by Gasteiger charge is -2.31. The first kappa shape index (κ1) is 37.7. The topological polar surface area (TPSA) is 157 Å². The van der Waals surface area contributed by atoms with Crippen molar-refractivity contribution in [1.29, 1.82) is 0 Å². The van der Waals surface area contributed by atoms with Crippen LogP contribution in [-0.4, -0.2) is 56.8 Å². The Morgan fingerprint density at radius 3 is 1.98 bits per heavy atom. The number of H-pyrrole nitrogens is 1. The highest BCUT2D eigenvalue weighted by Gasteiger charge is 2.35. The molecule has 272 valence electrons. The van der Waals surface area contributed by atoms with Crippen molar-refractivity contribution in [2.24, 2.45) is 0 Å². The van der Waals surface area contributed by atoms with Crippen molar-refractivity contribution >= 4 is 28.9 Å². The summed E-state index contributed by atoms with van der Waals surface area (Å²) in [7, 11) is 0.